The third kappa shape index (κ3) is 8.72. The van der Waals surface area contributed by atoms with Crippen LogP contribution >= 0.6 is 0 Å². The molecule has 0 heterocycles. The van der Waals surface area contributed by atoms with Crippen molar-refractivity contribution in [2.75, 3.05) is 0 Å². The number of alkyl halides is 6. The molecule has 0 aliphatic carbocycles. The van der Waals surface area contributed by atoms with Gasteiger partial charge >= 0.3 is 31.3 Å². The lowest BCUT2D eigenvalue weighted by Crippen LogP contribution is -2.36. The molecule has 0 fully saturated rings. The van der Waals surface area contributed by atoms with Gasteiger partial charge in [0.15, 0.2) is 0 Å². The zero-order valence-electron chi connectivity index (χ0n) is 10.1. The standard InChI is InChI=1S/C4H9F3O3SSi.CHF3O3S/c1-12(2,3)10-11(8,9)4(5,6)7;2-1(3,4)8(5,6)7/h1-3H3;(H,5,6,7). The van der Waals surface area contributed by atoms with Crippen LogP contribution in [0.2, 0.25) is 19.6 Å². The van der Waals surface area contributed by atoms with Gasteiger partial charge in [0.25, 0.3) is 0 Å². The van der Waals surface area contributed by atoms with Crippen LogP contribution in [0.15, 0.2) is 0 Å². The summed E-state index contributed by atoms with van der Waals surface area (Å²) in [6, 6.07) is 0. The lowest BCUT2D eigenvalue weighted by molar-refractivity contribution is -0.0512. The number of hydrogen-bond acceptors (Lipinski definition) is 5. The van der Waals surface area contributed by atoms with Gasteiger partial charge in [0.1, 0.15) is 0 Å². The quantitative estimate of drug-likeness (QED) is 0.345. The van der Waals surface area contributed by atoms with E-state index in [1.807, 2.05) is 0 Å². The summed E-state index contributed by atoms with van der Waals surface area (Å²) in [4.78, 5) is 0. The predicted molar refractivity (Wildman–Crippen MR) is 57.0 cm³/mol. The van der Waals surface area contributed by atoms with Crippen LogP contribution in [-0.2, 0) is 24.1 Å². The van der Waals surface area contributed by atoms with E-state index in [0.29, 0.717) is 0 Å². The van der Waals surface area contributed by atoms with E-state index >= 15 is 0 Å². The van der Waals surface area contributed by atoms with Crippen LogP contribution < -0.4 is 0 Å². The van der Waals surface area contributed by atoms with Crippen LogP contribution in [0.5, 0.6) is 0 Å². The molecule has 1 N–H and O–H groups in total. The molecule has 0 bridgehead atoms. The van der Waals surface area contributed by atoms with Crippen molar-refractivity contribution in [1.82, 2.24) is 0 Å². The fourth-order valence-corrected chi connectivity index (χ4v) is 3.39. The molecule has 0 aliphatic rings. The van der Waals surface area contributed by atoms with Crippen molar-refractivity contribution in [3.8, 4) is 0 Å². The maximum absolute atomic E-state index is 11.7. The fourth-order valence-electron chi connectivity index (χ4n) is 0.376. The topological polar surface area (TPSA) is 97.7 Å². The zero-order chi connectivity index (χ0) is 17.2. The SMILES string of the molecule is C[Si](C)(C)OS(=O)(=O)C(F)(F)F.O=S(=O)(O)C(F)(F)F. The maximum atomic E-state index is 11.7. The van der Waals surface area contributed by atoms with Crippen molar-refractivity contribution in [1.29, 1.82) is 0 Å². The van der Waals surface area contributed by atoms with Crippen molar-refractivity contribution in [3.63, 3.8) is 0 Å². The van der Waals surface area contributed by atoms with E-state index in [2.05, 4.69) is 3.87 Å². The zero-order valence-corrected chi connectivity index (χ0v) is 12.7. The molecule has 0 radical (unpaired) electrons. The Kier molecular flexibility index (Phi) is 6.75. The average molecular weight is 372 g/mol. The Morgan fingerprint density at radius 2 is 1.10 bits per heavy atom. The highest BCUT2D eigenvalue weighted by Gasteiger charge is 2.49. The van der Waals surface area contributed by atoms with Gasteiger partial charge in [-0.25, -0.2) is 0 Å². The molecular weight excluding hydrogens is 362 g/mol. The van der Waals surface area contributed by atoms with Crippen LogP contribution in [0, 0.1) is 0 Å². The molecule has 0 rings (SSSR count). The summed E-state index contributed by atoms with van der Waals surface area (Å²) >= 11 is 0. The summed E-state index contributed by atoms with van der Waals surface area (Å²) in [5.74, 6) is 0. The van der Waals surface area contributed by atoms with Crippen molar-refractivity contribution in [2.24, 2.45) is 0 Å². The second-order valence-corrected chi connectivity index (χ2v) is 11.7. The number of rotatable bonds is 2. The minimum absolute atomic E-state index is 1.36. The highest BCUT2D eigenvalue weighted by Crippen LogP contribution is 2.27. The Morgan fingerprint density at radius 1 is 0.850 bits per heavy atom. The molecule has 0 aromatic rings. The van der Waals surface area contributed by atoms with Crippen molar-refractivity contribution in [3.05, 3.63) is 0 Å². The Morgan fingerprint density at radius 3 is 1.15 bits per heavy atom. The smallest absolute Gasteiger partial charge is 0.309 e. The van der Waals surface area contributed by atoms with Gasteiger partial charge in [0.2, 0.25) is 8.32 Å². The molecule has 124 valence electrons. The van der Waals surface area contributed by atoms with Crippen LogP contribution in [0.25, 0.3) is 0 Å². The molecule has 0 saturated carbocycles. The van der Waals surface area contributed by atoms with Crippen LogP contribution in [0.3, 0.4) is 0 Å². The second-order valence-electron chi connectivity index (χ2n) is 4.02. The molecule has 15 heteroatoms. The number of halogens is 6. The minimum atomic E-state index is -5.84. The van der Waals surface area contributed by atoms with E-state index in [1.54, 1.807) is 0 Å². The summed E-state index contributed by atoms with van der Waals surface area (Å²) in [6.45, 7) is 4.07. The first kappa shape index (κ1) is 21.9. The molecule has 0 saturated heterocycles. The minimum Gasteiger partial charge on any atom is -0.309 e. The summed E-state index contributed by atoms with van der Waals surface area (Å²) in [5.41, 5.74) is -10.8. The fraction of sp³-hybridized carbons (Fsp3) is 1.00. The molecule has 0 aromatic carbocycles. The monoisotopic (exact) mass is 372 g/mol. The average Bonchev–Trinajstić information content (AvgIpc) is 1.92. The molecule has 0 aromatic heterocycles. The summed E-state index contributed by atoms with van der Waals surface area (Å²) < 4.78 is 117. The largest absolute Gasteiger partial charge is 0.522 e. The third-order valence-electron chi connectivity index (χ3n) is 0.936. The van der Waals surface area contributed by atoms with E-state index in [4.69, 9.17) is 13.0 Å². The molecule has 0 atom stereocenters. The predicted octanol–water partition coefficient (Wildman–Crippen LogP) is 2.08. The van der Waals surface area contributed by atoms with Gasteiger partial charge < -0.3 is 3.87 Å². The van der Waals surface area contributed by atoms with Crippen molar-refractivity contribution < 1.29 is 51.6 Å². The molecule has 0 aliphatic heterocycles. The number of hydrogen-bond donors (Lipinski definition) is 1. The third-order valence-corrected chi connectivity index (χ3v) is 4.97. The van der Waals surface area contributed by atoms with E-state index in [1.165, 1.54) is 19.6 Å². The maximum Gasteiger partial charge on any atom is 0.522 e. The molecule has 0 spiro atoms. The summed E-state index contributed by atoms with van der Waals surface area (Å²) in [5, 5.41) is 0. The lowest BCUT2D eigenvalue weighted by atomic mass is 11.6. The highest BCUT2D eigenvalue weighted by molar-refractivity contribution is 7.88. The Bertz CT molecular complexity index is 512. The molecule has 0 amide bonds. The van der Waals surface area contributed by atoms with Crippen molar-refractivity contribution >= 4 is 28.6 Å². The molecule has 20 heavy (non-hydrogen) atoms. The van der Waals surface area contributed by atoms with Gasteiger partial charge in [-0.15, -0.1) is 0 Å². The first-order valence-electron chi connectivity index (χ1n) is 4.26. The van der Waals surface area contributed by atoms with Gasteiger partial charge in [0.05, 0.1) is 0 Å². The van der Waals surface area contributed by atoms with Gasteiger partial charge in [-0.2, -0.15) is 43.2 Å². The van der Waals surface area contributed by atoms with Crippen LogP contribution in [-0.4, -0.2) is 40.7 Å². The van der Waals surface area contributed by atoms with Gasteiger partial charge in [-0.05, 0) is 19.6 Å². The van der Waals surface area contributed by atoms with Crippen LogP contribution in [0.1, 0.15) is 0 Å². The normalized spacial score (nSPS) is 14.5. The van der Waals surface area contributed by atoms with Crippen molar-refractivity contribution in [2.45, 2.75) is 30.7 Å². The summed E-state index contributed by atoms with van der Waals surface area (Å²) in [6.07, 6.45) is 0. The Balaban J connectivity index is 0. The van der Waals surface area contributed by atoms with E-state index in [0.717, 1.165) is 0 Å². The van der Waals surface area contributed by atoms with Gasteiger partial charge in [-0.3, -0.25) is 4.55 Å². The second kappa shape index (κ2) is 6.16. The molecule has 6 nitrogen and oxygen atoms in total. The molecule has 0 unspecified atom stereocenters. The van der Waals surface area contributed by atoms with E-state index in [-0.39, 0.29) is 0 Å². The van der Waals surface area contributed by atoms with Crippen LogP contribution in [0.4, 0.5) is 26.3 Å². The van der Waals surface area contributed by atoms with Gasteiger partial charge in [-0.1, -0.05) is 0 Å². The Hall–Kier alpha value is -0.383. The molecular formula is C5H10F6O6S2Si. The van der Waals surface area contributed by atoms with E-state index < -0.39 is 39.6 Å². The highest BCUT2D eigenvalue weighted by atomic mass is 32.2. The Labute approximate surface area is 111 Å². The lowest BCUT2D eigenvalue weighted by Gasteiger charge is -2.17. The summed E-state index contributed by atoms with van der Waals surface area (Å²) in [7, 11) is -13.9. The van der Waals surface area contributed by atoms with Gasteiger partial charge in [0, 0.05) is 0 Å². The first-order chi connectivity index (χ1) is 8.21. The first-order valence-corrected chi connectivity index (χ1v) is 10.5. The van der Waals surface area contributed by atoms with E-state index in [9.17, 15) is 34.8 Å².